The first-order chi connectivity index (χ1) is 16.9. The number of benzene rings is 2. The molecule has 2 aromatic rings. The van der Waals surface area contributed by atoms with Crippen molar-refractivity contribution in [2.75, 3.05) is 0 Å². The highest BCUT2D eigenvalue weighted by Gasteiger charge is 2.39. The van der Waals surface area contributed by atoms with Crippen LogP contribution in [0.5, 0.6) is 0 Å². The van der Waals surface area contributed by atoms with Crippen molar-refractivity contribution < 1.29 is 24.0 Å². The maximum atomic E-state index is 13.6. The van der Waals surface area contributed by atoms with Crippen molar-refractivity contribution >= 4 is 29.2 Å². The number of hydrogen-bond donors (Lipinski definition) is 2. The van der Waals surface area contributed by atoms with Gasteiger partial charge in [0, 0.05) is 29.7 Å². The molecule has 0 saturated carbocycles. The number of hydrogen-bond acceptors (Lipinski definition) is 5. The van der Waals surface area contributed by atoms with Crippen molar-refractivity contribution in [1.29, 1.82) is 0 Å². The quantitative estimate of drug-likeness (QED) is 0.326. The average molecular weight is 493 g/mol. The molecule has 0 spiro atoms. The predicted octanol–water partition coefficient (Wildman–Crippen LogP) is 3.64. The Labute approximate surface area is 212 Å². The molecule has 0 bridgehead atoms. The summed E-state index contributed by atoms with van der Waals surface area (Å²) < 4.78 is 0. The van der Waals surface area contributed by atoms with E-state index >= 15 is 0 Å². The monoisotopic (exact) mass is 492 g/mol. The van der Waals surface area contributed by atoms with Gasteiger partial charge in [-0.3, -0.25) is 24.0 Å². The molecule has 0 heterocycles. The summed E-state index contributed by atoms with van der Waals surface area (Å²) >= 11 is 0. The van der Waals surface area contributed by atoms with E-state index in [1.807, 2.05) is 50.2 Å². The minimum Gasteiger partial charge on any atom is -0.363 e. The summed E-state index contributed by atoms with van der Waals surface area (Å²) in [5.41, 5.74) is 5.82. The van der Waals surface area contributed by atoms with Crippen LogP contribution in [0.25, 0.3) is 0 Å². The molecule has 2 aromatic carbocycles. The number of primary amides is 1. The fourth-order valence-corrected chi connectivity index (χ4v) is 4.27. The van der Waals surface area contributed by atoms with E-state index in [2.05, 4.69) is 5.32 Å². The topological polar surface area (TPSA) is 123 Å². The SMILES string of the molecule is CC(C)[C@H](CC(=O)[C@H](C)NC(=O)[C@@H](CC(=O)c1ccccc1)C(C)(C)c1ccccc1)C(=O)C(N)=O. The number of carbonyl (C=O) groups is 5. The molecule has 3 N–H and O–H groups in total. The van der Waals surface area contributed by atoms with Gasteiger partial charge >= 0.3 is 0 Å². The smallest absolute Gasteiger partial charge is 0.285 e. The highest BCUT2D eigenvalue weighted by atomic mass is 16.2. The Hall–Kier alpha value is -3.61. The van der Waals surface area contributed by atoms with Crippen LogP contribution in [0.15, 0.2) is 60.7 Å². The van der Waals surface area contributed by atoms with Crippen LogP contribution in [0.4, 0.5) is 0 Å². The number of rotatable bonds is 13. The lowest BCUT2D eigenvalue weighted by atomic mass is 9.70. The number of carbonyl (C=O) groups excluding carboxylic acids is 5. The zero-order chi connectivity index (χ0) is 27.0. The Morgan fingerprint density at radius 3 is 1.86 bits per heavy atom. The highest BCUT2D eigenvalue weighted by molar-refractivity contribution is 6.36. The molecule has 2 amide bonds. The Morgan fingerprint density at radius 1 is 0.833 bits per heavy atom. The summed E-state index contributed by atoms with van der Waals surface area (Å²) in [7, 11) is 0. The fourth-order valence-electron chi connectivity index (χ4n) is 4.27. The van der Waals surface area contributed by atoms with Crippen molar-refractivity contribution in [3.8, 4) is 0 Å². The van der Waals surface area contributed by atoms with Crippen LogP contribution in [-0.2, 0) is 24.6 Å². The zero-order valence-corrected chi connectivity index (χ0v) is 21.6. The van der Waals surface area contributed by atoms with Crippen LogP contribution in [0.3, 0.4) is 0 Å². The molecule has 0 radical (unpaired) electrons. The lowest BCUT2D eigenvalue weighted by molar-refractivity contribution is -0.140. The van der Waals surface area contributed by atoms with Gasteiger partial charge in [0.2, 0.25) is 11.7 Å². The Kier molecular flexibility index (Phi) is 9.84. The van der Waals surface area contributed by atoms with E-state index in [4.69, 9.17) is 5.73 Å². The van der Waals surface area contributed by atoms with Crippen LogP contribution >= 0.6 is 0 Å². The second-order valence-electron chi connectivity index (χ2n) is 10.1. The molecule has 0 unspecified atom stereocenters. The van der Waals surface area contributed by atoms with E-state index in [1.54, 1.807) is 38.1 Å². The van der Waals surface area contributed by atoms with Gasteiger partial charge in [0.15, 0.2) is 11.6 Å². The minimum absolute atomic E-state index is 0.0482. The van der Waals surface area contributed by atoms with Crippen LogP contribution in [0, 0.1) is 17.8 Å². The van der Waals surface area contributed by atoms with E-state index in [0.717, 1.165) is 5.56 Å². The van der Waals surface area contributed by atoms with E-state index in [1.165, 1.54) is 6.92 Å². The third-order valence-corrected chi connectivity index (χ3v) is 6.84. The van der Waals surface area contributed by atoms with Gasteiger partial charge in [0.1, 0.15) is 0 Å². The van der Waals surface area contributed by atoms with Crippen LogP contribution in [0.1, 0.15) is 63.4 Å². The van der Waals surface area contributed by atoms with E-state index < -0.39 is 40.9 Å². The lowest BCUT2D eigenvalue weighted by Gasteiger charge is -2.34. The Bertz CT molecular complexity index is 1090. The first-order valence-corrected chi connectivity index (χ1v) is 12.2. The second-order valence-corrected chi connectivity index (χ2v) is 10.1. The first-order valence-electron chi connectivity index (χ1n) is 12.2. The molecule has 0 aliphatic rings. The van der Waals surface area contributed by atoms with Gasteiger partial charge in [-0.05, 0) is 18.4 Å². The maximum absolute atomic E-state index is 13.6. The van der Waals surface area contributed by atoms with E-state index in [-0.39, 0.29) is 30.3 Å². The van der Waals surface area contributed by atoms with Crippen molar-refractivity contribution in [2.24, 2.45) is 23.5 Å². The Morgan fingerprint density at radius 2 is 1.36 bits per heavy atom. The molecule has 3 atom stereocenters. The van der Waals surface area contributed by atoms with Crippen LogP contribution in [0.2, 0.25) is 0 Å². The maximum Gasteiger partial charge on any atom is 0.285 e. The molecule has 0 fully saturated rings. The highest BCUT2D eigenvalue weighted by Crippen LogP contribution is 2.35. The molecule has 0 aliphatic heterocycles. The predicted molar refractivity (Wildman–Crippen MR) is 138 cm³/mol. The van der Waals surface area contributed by atoms with E-state index in [9.17, 15) is 24.0 Å². The van der Waals surface area contributed by atoms with Gasteiger partial charge in [0.25, 0.3) is 5.91 Å². The summed E-state index contributed by atoms with van der Waals surface area (Å²) in [4.78, 5) is 63.1. The van der Waals surface area contributed by atoms with Crippen molar-refractivity contribution in [3.63, 3.8) is 0 Å². The molecule has 0 aromatic heterocycles. The lowest BCUT2D eigenvalue weighted by Crippen LogP contribution is -2.48. The number of Topliss-reactive ketones (excluding diaryl/α,β-unsaturated/α-hetero) is 3. The third-order valence-electron chi connectivity index (χ3n) is 6.84. The van der Waals surface area contributed by atoms with Gasteiger partial charge in [0.05, 0.1) is 12.0 Å². The van der Waals surface area contributed by atoms with Gasteiger partial charge in [-0.1, -0.05) is 88.4 Å². The molecular weight excluding hydrogens is 456 g/mol. The van der Waals surface area contributed by atoms with Crippen LogP contribution < -0.4 is 11.1 Å². The molecule has 192 valence electrons. The molecule has 7 nitrogen and oxygen atoms in total. The number of ketones is 3. The largest absolute Gasteiger partial charge is 0.363 e. The standard InChI is InChI=1S/C29H36N2O5/c1-18(2)22(26(34)27(30)35)16-24(32)19(3)31-28(36)23(17-25(33)20-12-8-6-9-13-20)29(4,5)21-14-10-7-11-15-21/h6-15,18-19,22-23H,16-17H2,1-5H3,(H2,30,35)(H,31,36)/t19-,22-,23+/m0/s1. The van der Waals surface area contributed by atoms with Gasteiger partial charge in [-0.15, -0.1) is 0 Å². The zero-order valence-electron chi connectivity index (χ0n) is 21.6. The summed E-state index contributed by atoms with van der Waals surface area (Å²) in [5, 5.41) is 2.76. The second kappa shape index (κ2) is 12.4. The molecule has 0 saturated heterocycles. The number of nitrogens with two attached hydrogens (primary N) is 1. The van der Waals surface area contributed by atoms with Crippen molar-refractivity contribution in [3.05, 3.63) is 71.8 Å². The number of nitrogens with one attached hydrogen (secondary N) is 1. The summed E-state index contributed by atoms with van der Waals surface area (Å²) in [6.45, 7) is 8.80. The van der Waals surface area contributed by atoms with Crippen molar-refractivity contribution in [2.45, 2.75) is 58.9 Å². The summed E-state index contributed by atoms with van der Waals surface area (Å²) in [6.07, 6.45) is -0.260. The third kappa shape index (κ3) is 7.20. The normalized spacial score (nSPS) is 13.9. The molecular formula is C29H36N2O5. The summed E-state index contributed by atoms with van der Waals surface area (Å²) in [5.74, 6) is -4.77. The number of amides is 2. The van der Waals surface area contributed by atoms with E-state index in [0.29, 0.717) is 5.56 Å². The molecule has 36 heavy (non-hydrogen) atoms. The summed E-state index contributed by atoms with van der Waals surface area (Å²) in [6, 6.07) is 17.3. The Balaban J connectivity index is 2.27. The van der Waals surface area contributed by atoms with Crippen molar-refractivity contribution in [1.82, 2.24) is 5.32 Å². The van der Waals surface area contributed by atoms with Gasteiger partial charge in [-0.25, -0.2) is 0 Å². The fraction of sp³-hybridized carbons (Fsp3) is 0.414. The van der Waals surface area contributed by atoms with Gasteiger partial charge < -0.3 is 11.1 Å². The average Bonchev–Trinajstić information content (AvgIpc) is 2.85. The van der Waals surface area contributed by atoms with Gasteiger partial charge in [-0.2, -0.15) is 0 Å². The molecule has 7 heteroatoms. The molecule has 2 rings (SSSR count). The molecule has 0 aliphatic carbocycles. The minimum atomic E-state index is -1.08. The van der Waals surface area contributed by atoms with Crippen LogP contribution in [-0.4, -0.2) is 35.2 Å². The first kappa shape index (κ1) is 28.6.